The van der Waals surface area contributed by atoms with Gasteiger partial charge in [0.1, 0.15) is 0 Å². The first kappa shape index (κ1) is 61.7. The molecule has 0 bridgehead atoms. The summed E-state index contributed by atoms with van der Waals surface area (Å²) < 4.78 is 49.5. The van der Waals surface area contributed by atoms with Gasteiger partial charge in [0, 0.05) is 56.4 Å². The number of carbonyl (C=O) groups excluding carboxylic acids is 3. The van der Waals surface area contributed by atoms with Crippen molar-refractivity contribution in [3.8, 4) is 0 Å². The van der Waals surface area contributed by atoms with Gasteiger partial charge in [0.25, 0.3) is 11.8 Å². The standard InChI is InChI=1S/C48H90N2O13S2/c51-25-29-58-33-37-59-34-30-55-26-15-11-7-3-1-5-9-13-17-44-64-65-45-18-14-10-6-2-4-8-12-16-27-56-31-35-60-38-40-62-42-43-63-41-39-61-36-32-57-28-23-49-46(52)20-19-24-50-47(53)21-22-48(50)54/h21-22,51H,1-20,23-45H2,(H,49,52). The lowest BCUT2D eigenvalue weighted by atomic mass is 10.1. The van der Waals surface area contributed by atoms with Crippen molar-refractivity contribution in [2.24, 2.45) is 0 Å². The van der Waals surface area contributed by atoms with E-state index in [9.17, 15) is 14.4 Å². The van der Waals surface area contributed by atoms with Gasteiger partial charge in [-0.1, -0.05) is 111 Å². The predicted octanol–water partition coefficient (Wildman–Crippen LogP) is 7.35. The van der Waals surface area contributed by atoms with E-state index in [0.29, 0.717) is 119 Å². The molecule has 0 aliphatic carbocycles. The summed E-state index contributed by atoms with van der Waals surface area (Å²) in [4.78, 5) is 36.0. The molecule has 0 radical (unpaired) electrons. The summed E-state index contributed by atoms with van der Waals surface area (Å²) in [5.74, 6) is 1.79. The van der Waals surface area contributed by atoms with Crippen molar-refractivity contribution in [2.75, 3.05) is 150 Å². The fraction of sp³-hybridized carbons (Fsp3) is 0.896. The minimum atomic E-state index is -0.331. The molecule has 65 heavy (non-hydrogen) atoms. The summed E-state index contributed by atoms with van der Waals surface area (Å²) in [5.41, 5.74) is 0. The van der Waals surface area contributed by atoms with Gasteiger partial charge in [-0.15, -0.1) is 0 Å². The number of rotatable bonds is 55. The molecule has 0 unspecified atom stereocenters. The van der Waals surface area contributed by atoms with E-state index < -0.39 is 0 Å². The summed E-state index contributed by atoms with van der Waals surface area (Å²) >= 11 is 0. The third-order valence-electron chi connectivity index (χ3n) is 10.2. The normalized spacial score (nSPS) is 12.7. The summed E-state index contributed by atoms with van der Waals surface area (Å²) in [6, 6.07) is 0. The van der Waals surface area contributed by atoms with Crippen molar-refractivity contribution in [3.63, 3.8) is 0 Å². The van der Waals surface area contributed by atoms with Gasteiger partial charge >= 0.3 is 0 Å². The summed E-state index contributed by atoms with van der Waals surface area (Å²) in [6.07, 6.45) is 26.9. The van der Waals surface area contributed by atoms with Crippen LogP contribution in [-0.2, 0) is 57.0 Å². The maximum atomic E-state index is 11.9. The zero-order chi connectivity index (χ0) is 46.6. The summed E-state index contributed by atoms with van der Waals surface area (Å²) in [6.45, 7) is 10.5. The fourth-order valence-electron chi connectivity index (χ4n) is 6.53. The smallest absolute Gasteiger partial charge is 0.253 e. The van der Waals surface area contributed by atoms with Crippen LogP contribution in [0.2, 0.25) is 0 Å². The molecule has 0 spiro atoms. The minimum Gasteiger partial charge on any atom is -0.394 e. The Kier molecular flexibility index (Phi) is 49.4. The topological polar surface area (TPSA) is 170 Å². The van der Waals surface area contributed by atoms with E-state index in [4.69, 9.17) is 47.7 Å². The van der Waals surface area contributed by atoms with Crippen LogP contribution in [-0.4, -0.2) is 178 Å². The van der Waals surface area contributed by atoms with E-state index in [1.54, 1.807) is 0 Å². The van der Waals surface area contributed by atoms with E-state index in [1.807, 2.05) is 0 Å². The second-order valence-electron chi connectivity index (χ2n) is 15.9. The number of aliphatic hydroxyl groups is 1. The number of amides is 3. The molecular weight excluding hydrogens is 877 g/mol. The SMILES string of the molecule is O=C(CCCN1C(=O)C=CC1=O)NCCOCCOCCOCCOCCOCCOCCCCCCCCCCCSSCCCCCCCCCCCOCCOCCOCCO. The van der Waals surface area contributed by atoms with Crippen molar-refractivity contribution >= 4 is 39.3 Å². The molecule has 17 heteroatoms. The monoisotopic (exact) mass is 967 g/mol. The van der Waals surface area contributed by atoms with E-state index in [0.717, 1.165) is 31.0 Å². The molecule has 0 aromatic rings. The van der Waals surface area contributed by atoms with Gasteiger partial charge in [-0.3, -0.25) is 19.3 Å². The highest BCUT2D eigenvalue weighted by Gasteiger charge is 2.22. The number of carbonyl (C=O) groups is 3. The van der Waals surface area contributed by atoms with Gasteiger partial charge in [0.05, 0.1) is 112 Å². The van der Waals surface area contributed by atoms with Gasteiger partial charge in [0.15, 0.2) is 0 Å². The minimum absolute atomic E-state index is 0.0578. The number of ether oxygens (including phenoxy) is 9. The molecule has 0 saturated carbocycles. The van der Waals surface area contributed by atoms with E-state index in [-0.39, 0.29) is 37.3 Å². The van der Waals surface area contributed by atoms with Crippen LogP contribution in [0, 0.1) is 0 Å². The maximum Gasteiger partial charge on any atom is 0.253 e. The summed E-state index contributed by atoms with van der Waals surface area (Å²) in [7, 11) is 4.16. The second-order valence-corrected chi connectivity index (χ2v) is 18.6. The third kappa shape index (κ3) is 46.2. The van der Waals surface area contributed by atoms with E-state index in [2.05, 4.69) is 26.9 Å². The van der Waals surface area contributed by atoms with Crippen molar-refractivity contribution in [3.05, 3.63) is 12.2 Å². The fourth-order valence-corrected chi connectivity index (χ4v) is 8.83. The van der Waals surface area contributed by atoms with Crippen molar-refractivity contribution < 1.29 is 62.1 Å². The van der Waals surface area contributed by atoms with Crippen LogP contribution in [0.4, 0.5) is 0 Å². The van der Waals surface area contributed by atoms with Gasteiger partial charge < -0.3 is 53.1 Å². The first-order valence-electron chi connectivity index (χ1n) is 25.0. The molecule has 15 nitrogen and oxygen atoms in total. The Balaban J connectivity index is 1.61. The zero-order valence-electron chi connectivity index (χ0n) is 40.2. The molecule has 1 rings (SSSR count). The lowest BCUT2D eigenvalue weighted by Crippen LogP contribution is -2.32. The molecule has 1 aliphatic heterocycles. The van der Waals surface area contributed by atoms with Crippen LogP contribution in [0.3, 0.4) is 0 Å². The Morgan fingerprint density at radius 3 is 1.09 bits per heavy atom. The molecule has 0 fully saturated rings. The highest BCUT2D eigenvalue weighted by molar-refractivity contribution is 8.76. The lowest BCUT2D eigenvalue weighted by molar-refractivity contribution is -0.137. The molecule has 0 saturated heterocycles. The predicted molar refractivity (Wildman–Crippen MR) is 261 cm³/mol. The van der Waals surface area contributed by atoms with Crippen molar-refractivity contribution in [2.45, 2.75) is 128 Å². The first-order valence-corrected chi connectivity index (χ1v) is 27.5. The molecule has 1 aliphatic rings. The molecule has 0 aromatic carbocycles. The Morgan fingerprint density at radius 1 is 0.415 bits per heavy atom. The number of imide groups is 1. The largest absolute Gasteiger partial charge is 0.394 e. The van der Waals surface area contributed by atoms with Gasteiger partial charge in [-0.05, 0) is 32.1 Å². The van der Waals surface area contributed by atoms with Gasteiger partial charge in [-0.2, -0.15) is 0 Å². The lowest BCUT2D eigenvalue weighted by Gasteiger charge is -2.13. The Labute approximate surface area is 400 Å². The Morgan fingerprint density at radius 2 is 0.723 bits per heavy atom. The van der Waals surface area contributed by atoms with E-state index in [1.165, 1.54) is 126 Å². The van der Waals surface area contributed by atoms with Crippen LogP contribution in [0.5, 0.6) is 0 Å². The second kappa shape index (κ2) is 52.0. The average Bonchev–Trinajstić information content (AvgIpc) is 3.63. The quantitative estimate of drug-likeness (QED) is 0.0352. The van der Waals surface area contributed by atoms with Crippen LogP contribution in [0.15, 0.2) is 12.2 Å². The number of nitrogens with zero attached hydrogens (tertiary/aromatic N) is 1. The first-order chi connectivity index (χ1) is 32.1. The number of nitrogens with one attached hydrogen (secondary N) is 1. The maximum absolute atomic E-state index is 11.9. The number of hydrogen-bond donors (Lipinski definition) is 2. The van der Waals surface area contributed by atoms with Crippen LogP contribution < -0.4 is 5.32 Å². The Bertz CT molecular complexity index is 1060. The number of hydrogen-bond acceptors (Lipinski definition) is 15. The van der Waals surface area contributed by atoms with Crippen LogP contribution >= 0.6 is 21.6 Å². The zero-order valence-corrected chi connectivity index (χ0v) is 41.8. The van der Waals surface area contributed by atoms with E-state index >= 15 is 0 Å². The average molecular weight is 967 g/mol. The molecule has 0 atom stereocenters. The molecular formula is C48H90N2O13S2. The Hall–Kier alpha value is -1.35. The summed E-state index contributed by atoms with van der Waals surface area (Å²) in [5, 5.41) is 11.4. The van der Waals surface area contributed by atoms with Gasteiger partial charge in [-0.25, -0.2) is 0 Å². The highest BCUT2D eigenvalue weighted by atomic mass is 33.1. The number of aliphatic hydroxyl groups excluding tert-OH is 1. The molecule has 382 valence electrons. The van der Waals surface area contributed by atoms with Crippen LogP contribution in [0.25, 0.3) is 0 Å². The molecule has 0 aromatic heterocycles. The number of unbranched alkanes of at least 4 members (excludes halogenated alkanes) is 16. The molecule has 2 N–H and O–H groups in total. The molecule has 3 amide bonds. The third-order valence-corrected chi connectivity index (χ3v) is 12.8. The van der Waals surface area contributed by atoms with Gasteiger partial charge in [0.2, 0.25) is 5.91 Å². The van der Waals surface area contributed by atoms with Crippen LogP contribution in [0.1, 0.15) is 128 Å². The van der Waals surface area contributed by atoms with Crippen molar-refractivity contribution in [1.82, 2.24) is 10.2 Å². The highest BCUT2D eigenvalue weighted by Crippen LogP contribution is 2.25. The molecule has 1 heterocycles. The van der Waals surface area contributed by atoms with Crippen molar-refractivity contribution in [1.29, 1.82) is 0 Å².